The van der Waals surface area contributed by atoms with E-state index in [2.05, 4.69) is 10.6 Å². The summed E-state index contributed by atoms with van der Waals surface area (Å²) in [6.07, 6.45) is -0.742. The molecule has 4 amide bonds. The van der Waals surface area contributed by atoms with Crippen molar-refractivity contribution in [3.8, 4) is 5.75 Å². The molecule has 2 unspecified atom stereocenters. The molecule has 4 rings (SSSR count). The Morgan fingerprint density at radius 3 is 2.20 bits per heavy atom. The Morgan fingerprint density at radius 1 is 0.976 bits per heavy atom. The molecule has 0 aliphatic carbocycles. The van der Waals surface area contributed by atoms with Crippen LogP contribution in [0.2, 0.25) is 5.02 Å². The van der Waals surface area contributed by atoms with Crippen LogP contribution in [-0.4, -0.2) is 51.0 Å². The first-order valence-electron chi connectivity index (χ1n) is 13.2. The summed E-state index contributed by atoms with van der Waals surface area (Å²) < 4.78 is 16.6. The molecule has 0 radical (unpaired) electrons. The summed E-state index contributed by atoms with van der Waals surface area (Å²) in [5.41, 5.74) is 5.86. The number of urea groups is 1. The molecule has 0 saturated carbocycles. The van der Waals surface area contributed by atoms with E-state index in [1.807, 2.05) is 13.8 Å². The lowest BCUT2D eigenvalue weighted by molar-refractivity contribution is -0.139. The van der Waals surface area contributed by atoms with Crippen molar-refractivity contribution < 1.29 is 28.6 Å². The molecule has 0 saturated heterocycles. The standard InChI is InChI=1S/C30H33ClN4O6/c1-4-40-25(41-5-2)18-35-24-9-7-6-8-23(24)30(28(35)37,26(27(32)36)19-10-12-20(31)13-11-19)34-29(38)33-21-14-16-22(39-3)17-15-21/h6-17,25-26H,4-5,18H2,1-3H3,(H2,32,36)(H2,33,34,38). The normalized spacial score (nSPS) is 16.8. The number of rotatable bonds is 12. The average Bonchev–Trinajstić information content (AvgIpc) is 3.18. The Labute approximate surface area is 243 Å². The lowest BCUT2D eigenvalue weighted by Crippen LogP contribution is -2.60. The van der Waals surface area contributed by atoms with Crippen molar-refractivity contribution in [1.29, 1.82) is 0 Å². The molecule has 10 nitrogen and oxygen atoms in total. The number of methoxy groups -OCH3 is 1. The molecular formula is C30H33ClN4O6. The molecule has 11 heteroatoms. The molecule has 4 N–H and O–H groups in total. The molecule has 0 aromatic heterocycles. The van der Waals surface area contributed by atoms with Gasteiger partial charge in [-0.25, -0.2) is 4.79 Å². The van der Waals surface area contributed by atoms with Gasteiger partial charge in [0.05, 0.1) is 25.3 Å². The van der Waals surface area contributed by atoms with Crippen LogP contribution in [0.15, 0.2) is 72.8 Å². The summed E-state index contributed by atoms with van der Waals surface area (Å²) >= 11 is 6.13. The summed E-state index contributed by atoms with van der Waals surface area (Å²) in [5, 5.41) is 6.03. The average molecular weight is 581 g/mol. The molecule has 1 heterocycles. The summed E-state index contributed by atoms with van der Waals surface area (Å²) in [5.74, 6) is -2.06. The number of primary amides is 1. The number of anilines is 2. The van der Waals surface area contributed by atoms with Crippen molar-refractivity contribution in [1.82, 2.24) is 5.32 Å². The third-order valence-corrected chi connectivity index (χ3v) is 7.07. The highest BCUT2D eigenvalue weighted by Crippen LogP contribution is 2.48. The van der Waals surface area contributed by atoms with Crippen molar-refractivity contribution in [3.63, 3.8) is 0 Å². The van der Waals surface area contributed by atoms with Crippen molar-refractivity contribution >= 4 is 40.8 Å². The lowest BCUT2D eigenvalue weighted by atomic mass is 9.74. The molecule has 2 atom stereocenters. The fourth-order valence-corrected chi connectivity index (χ4v) is 5.23. The topological polar surface area (TPSA) is 132 Å². The van der Waals surface area contributed by atoms with Gasteiger partial charge in [-0.05, 0) is 61.9 Å². The summed E-state index contributed by atoms with van der Waals surface area (Å²) in [7, 11) is 1.54. The first-order chi connectivity index (χ1) is 19.7. The van der Waals surface area contributed by atoms with Gasteiger partial charge in [-0.1, -0.05) is 41.9 Å². The molecule has 0 spiro atoms. The van der Waals surface area contributed by atoms with Gasteiger partial charge in [0, 0.05) is 29.5 Å². The number of amides is 4. The number of halogens is 1. The molecular weight excluding hydrogens is 548 g/mol. The van der Waals surface area contributed by atoms with E-state index in [9.17, 15) is 14.4 Å². The van der Waals surface area contributed by atoms with Gasteiger partial charge < -0.3 is 35.5 Å². The third-order valence-electron chi connectivity index (χ3n) is 6.82. The van der Waals surface area contributed by atoms with Crippen LogP contribution < -0.4 is 26.0 Å². The number of hydrogen-bond acceptors (Lipinski definition) is 6. The quantitative estimate of drug-likeness (QED) is 0.272. The zero-order valence-corrected chi connectivity index (χ0v) is 23.8. The van der Waals surface area contributed by atoms with Crippen LogP contribution in [0.4, 0.5) is 16.2 Å². The number of nitrogens with two attached hydrogens (primary N) is 1. The molecule has 216 valence electrons. The number of nitrogens with one attached hydrogen (secondary N) is 2. The maximum atomic E-state index is 14.6. The monoisotopic (exact) mass is 580 g/mol. The Balaban J connectivity index is 1.84. The molecule has 1 aliphatic rings. The van der Waals surface area contributed by atoms with Crippen LogP contribution in [-0.2, 0) is 24.6 Å². The molecule has 1 aliphatic heterocycles. The Bertz CT molecular complexity index is 1380. The van der Waals surface area contributed by atoms with Crippen LogP contribution in [0.5, 0.6) is 5.75 Å². The van der Waals surface area contributed by atoms with Gasteiger partial charge in [0.15, 0.2) is 11.8 Å². The predicted molar refractivity (Wildman–Crippen MR) is 156 cm³/mol. The number of carbonyl (C=O) groups is 3. The largest absolute Gasteiger partial charge is 0.497 e. The SMILES string of the molecule is CCOC(CN1C(=O)C(NC(=O)Nc2ccc(OC)cc2)(C(C(N)=O)c2ccc(Cl)cc2)c2ccccc21)OCC. The van der Waals surface area contributed by atoms with Crippen molar-refractivity contribution in [2.75, 3.05) is 37.1 Å². The van der Waals surface area contributed by atoms with Crippen LogP contribution in [0, 0.1) is 0 Å². The van der Waals surface area contributed by atoms with Crippen LogP contribution in [0.1, 0.15) is 30.9 Å². The van der Waals surface area contributed by atoms with Gasteiger partial charge in [0.25, 0.3) is 5.91 Å². The second-order valence-corrected chi connectivity index (χ2v) is 9.71. The summed E-state index contributed by atoms with van der Waals surface area (Å²) in [6, 6.07) is 19.3. The Morgan fingerprint density at radius 2 is 1.61 bits per heavy atom. The molecule has 3 aromatic carbocycles. The van der Waals surface area contributed by atoms with Crippen LogP contribution in [0.3, 0.4) is 0 Å². The summed E-state index contributed by atoms with van der Waals surface area (Å²) in [4.78, 5) is 42.9. The second kappa shape index (κ2) is 13.0. The van der Waals surface area contributed by atoms with Crippen molar-refractivity contribution in [3.05, 3.63) is 88.9 Å². The minimum absolute atomic E-state index is 0.0210. The number of ether oxygens (including phenoxy) is 3. The van der Waals surface area contributed by atoms with Gasteiger partial charge in [-0.2, -0.15) is 0 Å². The predicted octanol–water partition coefficient (Wildman–Crippen LogP) is 4.38. The molecule has 0 bridgehead atoms. The Hall–Kier alpha value is -4.12. The smallest absolute Gasteiger partial charge is 0.320 e. The number of hydrogen-bond donors (Lipinski definition) is 3. The van der Waals surface area contributed by atoms with Gasteiger partial charge >= 0.3 is 6.03 Å². The second-order valence-electron chi connectivity index (χ2n) is 9.28. The fraction of sp³-hybridized carbons (Fsp3) is 0.300. The first kappa shape index (κ1) is 29.9. The molecule has 0 fully saturated rings. The number of benzene rings is 3. The van der Waals surface area contributed by atoms with Crippen LogP contribution >= 0.6 is 11.6 Å². The highest BCUT2D eigenvalue weighted by molar-refractivity contribution is 6.30. The van der Waals surface area contributed by atoms with Gasteiger partial charge in [0.1, 0.15) is 5.75 Å². The maximum absolute atomic E-state index is 14.6. The van der Waals surface area contributed by atoms with E-state index in [-0.39, 0.29) is 6.54 Å². The minimum atomic E-state index is -1.91. The van der Waals surface area contributed by atoms with Crippen molar-refractivity contribution in [2.24, 2.45) is 5.73 Å². The third kappa shape index (κ3) is 6.14. The summed E-state index contributed by atoms with van der Waals surface area (Å²) in [6.45, 7) is 4.39. The van der Waals surface area contributed by atoms with E-state index in [0.717, 1.165) is 0 Å². The maximum Gasteiger partial charge on any atom is 0.320 e. The van der Waals surface area contributed by atoms with E-state index >= 15 is 0 Å². The van der Waals surface area contributed by atoms with Gasteiger partial charge in [-0.3, -0.25) is 9.59 Å². The van der Waals surface area contributed by atoms with E-state index in [4.69, 9.17) is 31.5 Å². The van der Waals surface area contributed by atoms with E-state index in [0.29, 0.717) is 46.5 Å². The van der Waals surface area contributed by atoms with Crippen molar-refractivity contribution in [2.45, 2.75) is 31.6 Å². The zero-order chi connectivity index (χ0) is 29.6. The van der Waals surface area contributed by atoms with Gasteiger partial charge in [0.2, 0.25) is 5.91 Å². The van der Waals surface area contributed by atoms with E-state index in [1.165, 1.54) is 12.0 Å². The lowest BCUT2D eigenvalue weighted by Gasteiger charge is -2.36. The van der Waals surface area contributed by atoms with E-state index in [1.54, 1.807) is 72.8 Å². The number of carbonyl (C=O) groups excluding carboxylic acids is 3. The fourth-order valence-electron chi connectivity index (χ4n) is 5.11. The van der Waals surface area contributed by atoms with Crippen LogP contribution in [0.25, 0.3) is 0 Å². The molecule has 41 heavy (non-hydrogen) atoms. The highest BCUT2D eigenvalue weighted by atomic mass is 35.5. The highest BCUT2D eigenvalue weighted by Gasteiger charge is 2.59. The zero-order valence-electron chi connectivity index (χ0n) is 23.1. The number of fused-ring (bicyclic) bond motifs is 1. The number of para-hydroxylation sites is 1. The molecule has 3 aromatic rings. The Kier molecular flexibility index (Phi) is 9.49. The van der Waals surface area contributed by atoms with Gasteiger partial charge in [-0.15, -0.1) is 0 Å². The number of nitrogens with zero attached hydrogens (tertiary/aromatic N) is 1. The first-order valence-corrected chi connectivity index (χ1v) is 13.6. The minimum Gasteiger partial charge on any atom is -0.497 e. The van der Waals surface area contributed by atoms with E-state index < -0.39 is 35.6 Å².